The summed E-state index contributed by atoms with van der Waals surface area (Å²) in [6.07, 6.45) is 0. The van der Waals surface area contributed by atoms with Gasteiger partial charge in [-0.3, -0.25) is 14.9 Å². The van der Waals surface area contributed by atoms with Crippen LogP contribution in [-0.4, -0.2) is 41.9 Å². The molecule has 0 atom stereocenters. The first kappa shape index (κ1) is 18.4. The zero-order chi connectivity index (χ0) is 18.8. The molecule has 1 aliphatic heterocycles. The Morgan fingerprint density at radius 1 is 1.08 bits per heavy atom. The normalized spacial score (nSPS) is 14.4. The van der Waals surface area contributed by atoms with Crippen LogP contribution in [0.2, 0.25) is 10.0 Å². The summed E-state index contributed by atoms with van der Waals surface area (Å²) in [6, 6.07) is 8.70. The lowest BCUT2D eigenvalue weighted by molar-refractivity contribution is -0.384. The van der Waals surface area contributed by atoms with E-state index in [1.54, 1.807) is 23.1 Å². The quantitative estimate of drug-likeness (QED) is 0.445. The van der Waals surface area contributed by atoms with Crippen LogP contribution in [0.4, 0.5) is 15.8 Å². The van der Waals surface area contributed by atoms with Gasteiger partial charge in [-0.15, -0.1) is 0 Å². The number of halogens is 3. The van der Waals surface area contributed by atoms with Gasteiger partial charge in [-0.2, -0.15) is 0 Å². The summed E-state index contributed by atoms with van der Waals surface area (Å²) in [4.78, 5) is 26.7. The minimum Gasteiger partial charge on any atom is -0.362 e. The van der Waals surface area contributed by atoms with Crippen molar-refractivity contribution >= 4 is 40.5 Å². The molecule has 0 unspecified atom stereocenters. The van der Waals surface area contributed by atoms with Gasteiger partial charge in [0.25, 0.3) is 11.6 Å². The largest absolute Gasteiger partial charge is 0.362 e. The van der Waals surface area contributed by atoms with Crippen LogP contribution in [-0.2, 0) is 0 Å². The molecule has 0 aromatic heterocycles. The third-order valence-corrected chi connectivity index (χ3v) is 4.83. The number of piperazine rings is 1. The molecule has 2 aromatic carbocycles. The van der Waals surface area contributed by atoms with E-state index >= 15 is 0 Å². The fraction of sp³-hybridized carbons (Fsp3) is 0.235. The molecular weight excluding hydrogens is 384 g/mol. The molecule has 2 aromatic rings. The number of nitro benzene ring substituents is 1. The number of nitro groups is 1. The van der Waals surface area contributed by atoms with Gasteiger partial charge in [-0.05, 0) is 18.2 Å². The third kappa shape index (κ3) is 3.59. The number of anilines is 1. The van der Waals surface area contributed by atoms with Crippen LogP contribution in [0.25, 0.3) is 0 Å². The highest BCUT2D eigenvalue weighted by Gasteiger charge is 2.27. The first-order valence-electron chi connectivity index (χ1n) is 7.80. The summed E-state index contributed by atoms with van der Waals surface area (Å²) in [5.74, 6) is -1.11. The average Bonchev–Trinajstić information content (AvgIpc) is 2.64. The standard InChI is InChI=1S/C17H14Cl2FN3O3/c18-12-10-13(19)14(20)9-11(12)17(24)22-7-5-21(6-8-22)15-3-1-2-4-16(15)23(25)26/h1-4,9-10H,5-8H2. The predicted molar refractivity (Wildman–Crippen MR) is 97.6 cm³/mol. The summed E-state index contributed by atoms with van der Waals surface area (Å²) in [5.41, 5.74) is 0.586. The molecule has 0 aliphatic carbocycles. The van der Waals surface area contributed by atoms with E-state index in [9.17, 15) is 19.3 Å². The molecule has 0 radical (unpaired) electrons. The molecule has 6 nitrogen and oxygen atoms in total. The summed E-state index contributed by atoms with van der Waals surface area (Å²) in [5, 5.41) is 11.1. The second-order valence-electron chi connectivity index (χ2n) is 5.77. The molecule has 1 amide bonds. The molecule has 3 rings (SSSR count). The van der Waals surface area contributed by atoms with Crippen molar-refractivity contribution in [3.05, 3.63) is 67.9 Å². The minimum atomic E-state index is -0.710. The molecule has 0 spiro atoms. The topological polar surface area (TPSA) is 66.7 Å². The molecular formula is C17H14Cl2FN3O3. The Balaban J connectivity index is 1.74. The van der Waals surface area contributed by atoms with Crippen molar-refractivity contribution in [3.63, 3.8) is 0 Å². The highest BCUT2D eigenvalue weighted by Crippen LogP contribution is 2.29. The number of nitrogens with zero attached hydrogens (tertiary/aromatic N) is 3. The van der Waals surface area contributed by atoms with E-state index in [4.69, 9.17) is 23.2 Å². The van der Waals surface area contributed by atoms with Crippen LogP contribution in [0.1, 0.15) is 10.4 Å². The highest BCUT2D eigenvalue weighted by molar-refractivity contribution is 6.36. The van der Waals surface area contributed by atoms with Crippen LogP contribution < -0.4 is 4.90 Å². The Hall–Kier alpha value is -2.38. The second-order valence-corrected chi connectivity index (χ2v) is 6.59. The number of rotatable bonds is 3. The van der Waals surface area contributed by atoms with Crippen LogP contribution in [0.15, 0.2) is 36.4 Å². The van der Waals surface area contributed by atoms with Gasteiger partial charge in [0.15, 0.2) is 0 Å². The number of benzene rings is 2. The Morgan fingerprint density at radius 2 is 1.73 bits per heavy atom. The molecule has 0 N–H and O–H groups in total. The molecule has 26 heavy (non-hydrogen) atoms. The highest BCUT2D eigenvalue weighted by atomic mass is 35.5. The third-order valence-electron chi connectivity index (χ3n) is 4.23. The van der Waals surface area contributed by atoms with E-state index in [0.29, 0.717) is 31.9 Å². The number of hydrogen-bond donors (Lipinski definition) is 0. The summed E-state index contributed by atoms with van der Waals surface area (Å²) in [6.45, 7) is 1.52. The minimum absolute atomic E-state index is 0.0232. The van der Waals surface area contributed by atoms with Crippen molar-refractivity contribution in [1.82, 2.24) is 4.90 Å². The summed E-state index contributed by atoms with van der Waals surface area (Å²) < 4.78 is 13.7. The maximum atomic E-state index is 13.7. The van der Waals surface area contributed by atoms with Gasteiger partial charge in [0, 0.05) is 32.2 Å². The van der Waals surface area contributed by atoms with E-state index in [-0.39, 0.29) is 21.3 Å². The van der Waals surface area contributed by atoms with E-state index in [0.717, 1.165) is 6.07 Å². The Bertz CT molecular complexity index is 870. The first-order chi connectivity index (χ1) is 12.4. The summed E-state index contributed by atoms with van der Waals surface area (Å²) >= 11 is 11.7. The van der Waals surface area contributed by atoms with Crippen LogP contribution in [0, 0.1) is 15.9 Å². The van der Waals surface area contributed by atoms with Crippen molar-refractivity contribution in [3.8, 4) is 0 Å². The van der Waals surface area contributed by atoms with Gasteiger partial charge >= 0.3 is 0 Å². The lowest BCUT2D eigenvalue weighted by Crippen LogP contribution is -2.49. The Kier molecular flexibility index (Phi) is 5.29. The maximum Gasteiger partial charge on any atom is 0.292 e. The molecule has 1 saturated heterocycles. The fourth-order valence-electron chi connectivity index (χ4n) is 2.89. The Labute approximate surface area is 158 Å². The number of hydrogen-bond acceptors (Lipinski definition) is 4. The van der Waals surface area contributed by atoms with Gasteiger partial charge in [0.1, 0.15) is 11.5 Å². The van der Waals surface area contributed by atoms with Crippen molar-refractivity contribution in [1.29, 1.82) is 0 Å². The van der Waals surface area contributed by atoms with E-state index in [1.807, 2.05) is 4.90 Å². The van der Waals surface area contributed by atoms with E-state index in [2.05, 4.69) is 0 Å². The number of carbonyl (C=O) groups excluding carboxylic acids is 1. The lowest BCUT2D eigenvalue weighted by Gasteiger charge is -2.36. The van der Waals surface area contributed by atoms with Crippen LogP contribution in [0.3, 0.4) is 0 Å². The van der Waals surface area contributed by atoms with Gasteiger partial charge in [0.2, 0.25) is 0 Å². The maximum absolute atomic E-state index is 13.7. The van der Waals surface area contributed by atoms with Crippen LogP contribution >= 0.6 is 23.2 Å². The number of para-hydroxylation sites is 2. The second kappa shape index (κ2) is 7.47. The zero-order valence-corrected chi connectivity index (χ0v) is 15.0. The van der Waals surface area contributed by atoms with Gasteiger partial charge < -0.3 is 9.80 Å². The SMILES string of the molecule is O=C(c1cc(F)c(Cl)cc1Cl)N1CCN(c2ccccc2[N+](=O)[O-])CC1. The van der Waals surface area contributed by atoms with Crippen molar-refractivity contribution in [2.24, 2.45) is 0 Å². The molecule has 136 valence electrons. The fourth-order valence-corrected chi connectivity index (χ4v) is 3.36. The monoisotopic (exact) mass is 397 g/mol. The molecule has 9 heteroatoms. The van der Waals surface area contributed by atoms with Crippen LogP contribution in [0.5, 0.6) is 0 Å². The molecule has 0 bridgehead atoms. The van der Waals surface area contributed by atoms with Gasteiger partial charge in [0.05, 0.1) is 20.5 Å². The molecule has 1 heterocycles. The number of carbonyl (C=O) groups is 1. The van der Waals surface area contributed by atoms with Crippen molar-refractivity contribution < 1.29 is 14.1 Å². The van der Waals surface area contributed by atoms with Crippen molar-refractivity contribution in [2.75, 3.05) is 31.1 Å². The van der Waals surface area contributed by atoms with Gasteiger partial charge in [-0.25, -0.2) is 4.39 Å². The smallest absolute Gasteiger partial charge is 0.292 e. The first-order valence-corrected chi connectivity index (χ1v) is 8.56. The zero-order valence-electron chi connectivity index (χ0n) is 13.5. The van der Waals surface area contributed by atoms with E-state index in [1.165, 1.54) is 12.1 Å². The molecule has 1 aliphatic rings. The van der Waals surface area contributed by atoms with Gasteiger partial charge in [-0.1, -0.05) is 35.3 Å². The lowest BCUT2D eigenvalue weighted by atomic mass is 10.1. The van der Waals surface area contributed by atoms with E-state index < -0.39 is 16.6 Å². The number of amides is 1. The Morgan fingerprint density at radius 3 is 2.38 bits per heavy atom. The van der Waals surface area contributed by atoms with Crippen molar-refractivity contribution in [2.45, 2.75) is 0 Å². The average molecular weight is 398 g/mol. The molecule has 1 fully saturated rings. The summed E-state index contributed by atoms with van der Waals surface area (Å²) in [7, 11) is 0. The molecule has 0 saturated carbocycles. The predicted octanol–water partition coefficient (Wildman–Crippen LogP) is 4.00.